The summed E-state index contributed by atoms with van der Waals surface area (Å²) in [4.78, 5) is 1.44. The molecule has 0 unspecified atom stereocenters. The standard InChI is InChI=1S/C10H16N2S/c1-2-10(13-5-1)8-11-4-3-9-6-12-7-9/h1-2,5,9,11-12H,3-4,6-8H2. The smallest absolute Gasteiger partial charge is 0.0299 e. The molecular weight excluding hydrogens is 180 g/mol. The van der Waals surface area contributed by atoms with Crippen LogP contribution in [0.2, 0.25) is 0 Å². The van der Waals surface area contributed by atoms with Gasteiger partial charge in [0.25, 0.3) is 0 Å². The van der Waals surface area contributed by atoms with Crippen molar-refractivity contribution >= 4 is 11.3 Å². The fourth-order valence-electron chi connectivity index (χ4n) is 1.48. The lowest BCUT2D eigenvalue weighted by molar-refractivity contribution is 0.322. The molecule has 2 rings (SSSR count). The Morgan fingerprint density at radius 3 is 3.08 bits per heavy atom. The summed E-state index contributed by atoms with van der Waals surface area (Å²) >= 11 is 1.83. The van der Waals surface area contributed by atoms with Crippen LogP contribution in [-0.2, 0) is 6.54 Å². The van der Waals surface area contributed by atoms with Gasteiger partial charge in [-0.15, -0.1) is 11.3 Å². The minimum atomic E-state index is 0.927. The number of hydrogen-bond acceptors (Lipinski definition) is 3. The molecule has 0 radical (unpaired) electrons. The second kappa shape index (κ2) is 4.74. The van der Waals surface area contributed by atoms with Crippen LogP contribution < -0.4 is 10.6 Å². The Bertz CT molecular complexity index is 229. The molecule has 0 aliphatic carbocycles. The molecule has 0 atom stereocenters. The van der Waals surface area contributed by atoms with Gasteiger partial charge in [-0.25, -0.2) is 0 Å². The Labute approximate surface area is 83.4 Å². The van der Waals surface area contributed by atoms with Crippen molar-refractivity contribution < 1.29 is 0 Å². The van der Waals surface area contributed by atoms with E-state index in [0.29, 0.717) is 0 Å². The first-order chi connectivity index (χ1) is 6.45. The van der Waals surface area contributed by atoms with E-state index >= 15 is 0 Å². The van der Waals surface area contributed by atoms with Crippen molar-refractivity contribution in [2.24, 2.45) is 5.92 Å². The molecule has 2 heterocycles. The van der Waals surface area contributed by atoms with Crippen LogP contribution in [0.1, 0.15) is 11.3 Å². The van der Waals surface area contributed by atoms with Gasteiger partial charge in [0.15, 0.2) is 0 Å². The maximum absolute atomic E-state index is 3.47. The molecule has 2 nitrogen and oxygen atoms in total. The number of nitrogens with one attached hydrogen (secondary N) is 2. The normalized spacial score (nSPS) is 17.2. The summed E-state index contributed by atoms with van der Waals surface area (Å²) in [6.07, 6.45) is 1.32. The van der Waals surface area contributed by atoms with Gasteiger partial charge in [-0.05, 0) is 43.4 Å². The summed E-state index contributed by atoms with van der Waals surface area (Å²) in [7, 11) is 0. The van der Waals surface area contributed by atoms with Crippen LogP contribution in [0, 0.1) is 5.92 Å². The predicted molar refractivity (Wildman–Crippen MR) is 57.0 cm³/mol. The molecule has 72 valence electrons. The largest absolute Gasteiger partial charge is 0.316 e. The summed E-state index contributed by atoms with van der Waals surface area (Å²) in [6.45, 7) is 4.64. The van der Waals surface area contributed by atoms with Crippen LogP contribution >= 0.6 is 11.3 Å². The molecule has 2 N–H and O–H groups in total. The lowest BCUT2D eigenvalue weighted by Crippen LogP contribution is -2.43. The molecule has 3 heteroatoms. The van der Waals surface area contributed by atoms with Gasteiger partial charge in [-0.3, -0.25) is 0 Å². The molecule has 1 aliphatic heterocycles. The average molecular weight is 196 g/mol. The van der Waals surface area contributed by atoms with E-state index in [9.17, 15) is 0 Å². The molecule has 0 spiro atoms. The average Bonchev–Trinajstić information content (AvgIpc) is 2.53. The van der Waals surface area contributed by atoms with Gasteiger partial charge in [-0.1, -0.05) is 6.07 Å². The molecule has 0 amide bonds. The zero-order valence-corrected chi connectivity index (χ0v) is 8.57. The quantitative estimate of drug-likeness (QED) is 0.697. The van der Waals surface area contributed by atoms with E-state index in [2.05, 4.69) is 28.1 Å². The summed E-state index contributed by atoms with van der Waals surface area (Å²) < 4.78 is 0. The Hall–Kier alpha value is -0.380. The third kappa shape index (κ3) is 2.79. The van der Waals surface area contributed by atoms with Gasteiger partial charge >= 0.3 is 0 Å². The van der Waals surface area contributed by atoms with Crippen molar-refractivity contribution in [1.29, 1.82) is 0 Å². The second-order valence-corrected chi connectivity index (χ2v) is 4.60. The Kier molecular flexibility index (Phi) is 3.35. The molecule has 1 aliphatic rings. The third-order valence-corrected chi connectivity index (χ3v) is 3.35. The van der Waals surface area contributed by atoms with Gasteiger partial charge in [-0.2, -0.15) is 0 Å². The van der Waals surface area contributed by atoms with Crippen LogP contribution in [0.25, 0.3) is 0 Å². The summed E-state index contributed by atoms with van der Waals surface area (Å²) in [5.74, 6) is 0.927. The van der Waals surface area contributed by atoms with Crippen molar-refractivity contribution in [2.75, 3.05) is 19.6 Å². The van der Waals surface area contributed by atoms with Crippen LogP contribution in [0.5, 0.6) is 0 Å². The van der Waals surface area contributed by atoms with Crippen molar-refractivity contribution in [2.45, 2.75) is 13.0 Å². The Morgan fingerprint density at radius 1 is 1.54 bits per heavy atom. The van der Waals surface area contributed by atoms with E-state index in [1.807, 2.05) is 11.3 Å². The van der Waals surface area contributed by atoms with E-state index in [4.69, 9.17) is 0 Å². The monoisotopic (exact) mass is 196 g/mol. The van der Waals surface area contributed by atoms with Gasteiger partial charge in [0, 0.05) is 11.4 Å². The fraction of sp³-hybridized carbons (Fsp3) is 0.600. The molecule has 13 heavy (non-hydrogen) atoms. The van der Waals surface area contributed by atoms with Gasteiger partial charge in [0.1, 0.15) is 0 Å². The topological polar surface area (TPSA) is 24.1 Å². The highest BCUT2D eigenvalue weighted by Crippen LogP contribution is 2.09. The van der Waals surface area contributed by atoms with Crippen LogP contribution in [-0.4, -0.2) is 19.6 Å². The summed E-state index contributed by atoms with van der Waals surface area (Å²) in [5, 5.41) is 8.89. The minimum Gasteiger partial charge on any atom is -0.316 e. The van der Waals surface area contributed by atoms with Gasteiger partial charge < -0.3 is 10.6 Å². The van der Waals surface area contributed by atoms with Crippen LogP contribution in [0.3, 0.4) is 0 Å². The minimum absolute atomic E-state index is 0.927. The van der Waals surface area contributed by atoms with Gasteiger partial charge in [0.05, 0.1) is 0 Å². The van der Waals surface area contributed by atoms with E-state index in [-0.39, 0.29) is 0 Å². The Balaban J connectivity index is 1.53. The first-order valence-electron chi connectivity index (χ1n) is 4.89. The zero-order valence-electron chi connectivity index (χ0n) is 7.75. The highest BCUT2D eigenvalue weighted by atomic mass is 32.1. The maximum atomic E-state index is 3.47. The van der Waals surface area contributed by atoms with Gasteiger partial charge in [0.2, 0.25) is 0 Å². The molecule has 1 aromatic heterocycles. The number of thiophene rings is 1. The summed E-state index contributed by atoms with van der Waals surface area (Å²) in [6, 6.07) is 4.29. The first kappa shape index (κ1) is 9.19. The van der Waals surface area contributed by atoms with E-state index in [1.54, 1.807) is 0 Å². The summed E-state index contributed by atoms with van der Waals surface area (Å²) in [5.41, 5.74) is 0. The van der Waals surface area contributed by atoms with Crippen molar-refractivity contribution in [3.05, 3.63) is 22.4 Å². The molecule has 0 bridgehead atoms. The first-order valence-corrected chi connectivity index (χ1v) is 5.77. The van der Waals surface area contributed by atoms with E-state index in [0.717, 1.165) is 19.0 Å². The predicted octanol–water partition coefficient (Wildman–Crippen LogP) is 1.45. The second-order valence-electron chi connectivity index (χ2n) is 3.57. The SMILES string of the molecule is c1csc(CNCCC2CNC2)c1. The maximum Gasteiger partial charge on any atom is 0.0299 e. The molecule has 0 aromatic carbocycles. The van der Waals surface area contributed by atoms with Crippen molar-refractivity contribution in [1.82, 2.24) is 10.6 Å². The fourth-order valence-corrected chi connectivity index (χ4v) is 2.16. The van der Waals surface area contributed by atoms with E-state index in [1.165, 1.54) is 24.4 Å². The van der Waals surface area contributed by atoms with E-state index < -0.39 is 0 Å². The molecule has 0 saturated carbocycles. The van der Waals surface area contributed by atoms with Crippen LogP contribution in [0.4, 0.5) is 0 Å². The number of rotatable bonds is 5. The molecule has 1 fully saturated rings. The zero-order chi connectivity index (χ0) is 8.93. The third-order valence-electron chi connectivity index (χ3n) is 2.47. The van der Waals surface area contributed by atoms with Crippen LogP contribution in [0.15, 0.2) is 17.5 Å². The van der Waals surface area contributed by atoms with Crippen molar-refractivity contribution in [3.63, 3.8) is 0 Å². The Morgan fingerprint density at radius 2 is 2.46 bits per heavy atom. The lowest BCUT2D eigenvalue weighted by atomic mass is 10.00. The van der Waals surface area contributed by atoms with Crippen molar-refractivity contribution in [3.8, 4) is 0 Å². The molecule has 1 saturated heterocycles. The highest BCUT2D eigenvalue weighted by molar-refractivity contribution is 7.09. The number of hydrogen-bond donors (Lipinski definition) is 2. The lowest BCUT2D eigenvalue weighted by Gasteiger charge is -2.26. The highest BCUT2D eigenvalue weighted by Gasteiger charge is 2.15. The molecular formula is C10H16N2S. The molecule has 1 aromatic rings.